The molecule has 1 aromatic rings. The number of hydrogen-bond donors (Lipinski definition) is 1. The third kappa shape index (κ3) is 6.90. The van der Waals surface area contributed by atoms with Gasteiger partial charge in [-0.2, -0.15) is 0 Å². The Kier molecular flexibility index (Phi) is 7.78. The molecule has 0 spiro atoms. The minimum Gasteiger partial charge on any atom is -0.323 e. The van der Waals surface area contributed by atoms with Crippen molar-refractivity contribution in [2.75, 3.05) is 5.32 Å². The van der Waals surface area contributed by atoms with E-state index in [0.717, 1.165) is 29.7 Å². The second-order valence-electron chi connectivity index (χ2n) is 8.37. The molecular weight excluding hydrogens is 354 g/mol. The van der Waals surface area contributed by atoms with E-state index in [0.29, 0.717) is 0 Å². The lowest BCUT2D eigenvalue weighted by Gasteiger charge is -2.34. The Balaban J connectivity index is 2.00. The molecule has 1 aromatic carbocycles. The van der Waals surface area contributed by atoms with Crippen molar-refractivity contribution in [3.8, 4) is 0 Å². The number of carbonyl (C=O) groups is 1. The third-order valence-electron chi connectivity index (χ3n) is 5.35. The van der Waals surface area contributed by atoms with Crippen molar-refractivity contribution in [2.24, 2.45) is 5.41 Å². The van der Waals surface area contributed by atoms with Gasteiger partial charge in [0, 0.05) is 11.8 Å². The first-order valence-corrected chi connectivity index (χ1v) is 10.2. The topological polar surface area (TPSA) is 29.1 Å². The van der Waals surface area contributed by atoms with E-state index in [1.165, 1.54) is 16.7 Å². The molecule has 0 aliphatic heterocycles. The summed E-state index contributed by atoms with van der Waals surface area (Å²) in [6.07, 6.45) is 14.2. The van der Waals surface area contributed by atoms with Crippen LogP contribution in [0.1, 0.15) is 47.5 Å². The summed E-state index contributed by atoms with van der Waals surface area (Å²) in [5.74, 6) is -0.124. The SMILES string of the molecule is C=C1CCC(C)(C)C(/C=C/C(C)=C/C=C/C(C)=C\C(=O)Nc2ccccc2)=C1C. The molecule has 0 saturated carbocycles. The Bertz CT molecular complexity index is 905. The van der Waals surface area contributed by atoms with Crippen LogP contribution in [0.5, 0.6) is 0 Å². The maximum absolute atomic E-state index is 12.1. The molecule has 2 heteroatoms. The first-order valence-electron chi connectivity index (χ1n) is 10.2. The average Bonchev–Trinajstić information content (AvgIpc) is 2.65. The van der Waals surface area contributed by atoms with E-state index in [4.69, 9.17) is 0 Å². The summed E-state index contributed by atoms with van der Waals surface area (Å²) in [4.78, 5) is 12.1. The first-order chi connectivity index (χ1) is 13.7. The minimum atomic E-state index is -0.124. The molecule has 0 fully saturated rings. The van der Waals surface area contributed by atoms with Gasteiger partial charge in [-0.25, -0.2) is 0 Å². The van der Waals surface area contributed by atoms with Crippen LogP contribution in [-0.4, -0.2) is 5.91 Å². The van der Waals surface area contributed by atoms with Gasteiger partial charge >= 0.3 is 0 Å². The molecule has 0 aromatic heterocycles. The van der Waals surface area contributed by atoms with E-state index in [1.54, 1.807) is 6.08 Å². The van der Waals surface area contributed by atoms with Gasteiger partial charge in [0.25, 0.3) is 0 Å². The highest BCUT2D eigenvalue weighted by Gasteiger charge is 2.28. The zero-order valence-corrected chi connectivity index (χ0v) is 18.4. The van der Waals surface area contributed by atoms with E-state index < -0.39 is 0 Å². The molecule has 1 amide bonds. The van der Waals surface area contributed by atoms with Crippen LogP contribution in [0.25, 0.3) is 0 Å². The van der Waals surface area contributed by atoms with Crippen molar-refractivity contribution in [1.82, 2.24) is 0 Å². The number of benzene rings is 1. The Hall–Kier alpha value is -2.87. The largest absolute Gasteiger partial charge is 0.323 e. The molecule has 1 aliphatic rings. The molecule has 29 heavy (non-hydrogen) atoms. The number of nitrogens with one attached hydrogen (secondary N) is 1. The van der Waals surface area contributed by atoms with E-state index in [2.05, 4.69) is 57.8 Å². The van der Waals surface area contributed by atoms with Crippen LogP contribution in [0.3, 0.4) is 0 Å². The maximum Gasteiger partial charge on any atom is 0.248 e. The van der Waals surface area contributed by atoms with Crippen molar-refractivity contribution in [2.45, 2.75) is 47.5 Å². The molecule has 1 aliphatic carbocycles. The van der Waals surface area contributed by atoms with Crippen LogP contribution in [0, 0.1) is 5.41 Å². The van der Waals surface area contributed by atoms with Crippen LogP contribution in [0.15, 0.2) is 101 Å². The molecule has 2 rings (SSSR count). The summed E-state index contributed by atoms with van der Waals surface area (Å²) in [5.41, 5.74) is 6.99. The van der Waals surface area contributed by atoms with Crippen molar-refractivity contribution >= 4 is 11.6 Å². The molecule has 0 atom stereocenters. The Morgan fingerprint density at radius 3 is 2.48 bits per heavy atom. The van der Waals surface area contributed by atoms with Gasteiger partial charge in [-0.3, -0.25) is 4.79 Å². The lowest BCUT2D eigenvalue weighted by Crippen LogP contribution is -2.20. The van der Waals surface area contributed by atoms with Crippen LogP contribution in [0.2, 0.25) is 0 Å². The first kappa shape index (κ1) is 22.4. The maximum atomic E-state index is 12.1. The fraction of sp³-hybridized carbons (Fsp3) is 0.296. The number of para-hydroxylation sites is 1. The summed E-state index contributed by atoms with van der Waals surface area (Å²) in [6, 6.07) is 9.46. The highest BCUT2D eigenvalue weighted by molar-refractivity contribution is 5.99. The van der Waals surface area contributed by atoms with Gasteiger partial charge in [-0.15, -0.1) is 0 Å². The van der Waals surface area contributed by atoms with Gasteiger partial charge in [0.15, 0.2) is 0 Å². The van der Waals surface area contributed by atoms with Crippen molar-refractivity contribution < 1.29 is 4.79 Å². The van der Waals surface area contributed by atoms with Gasteiger partial charge in [0.1, 0.15) is 0 Å². The number of rotatable bonds is 6. The van der Waals surface area contributed by atoms with E-state index in [1.807, 2.05) is 49.4 Å². The van der Waals surface area contributed by atoms with E-state index >= 15 is 0 Å². The lowest BCUT2D eigenvalue weighted by molar-refractivity contribution is -0.111. The van der Waals surface area contributed by atoms with Gasteiger partial charge in [-0.1, -0.05) is 80.2 Å². The second-order valence-corrected chi connectivity index (χ2v) is 8.37. The van der Waals surface area contributed by atoms with Gasteiger partial charge in [0.05, 0.1) is 0 Å². The lowest BCUT2D eigenvalue weighted by atomic mass is 9.71. The highest BCUT2D eigenvalue weighted by Crippen LogP contribution is 2.42. The molecular formula is C27H33NO. The standard InChI is InChI=1S/C27H33NO/c1-20(15-16-25-23(4)22(3)17-18-27(25,5)6)11-10-12-21(2)19-26(29)28-24-13-8-7-9-14-24/h7-16,19H,3,17-18H2,1-2,4-6H3,(H,28,29)/b12-10+,16-15+,20-11+,21-19-. The highest BCUT2D eigenvalue weighted by atomic mass is 16.1. The predicted molar refractivity (Wildman–Crippen MR) is 126 cm³/mol. The van der Waals surface area contributed by atoms with Gasteiger partial charge in [0.2, 0.25) is 5.91 Å². The van der Waals surface area contributed by atoms with E-state index in [9.17, 15) is 4.79 Å². The summed E-state index contributed by atoms with van der Waals surface area (Å²) in [5, 5.41) is 2.86. The molecule has 0 saturated heterocycles. The minimum absolute atomic E-state index is 0.124. The van der Waals surface area contributed by atoms with Crippen LogP contribution in [0.4, 0.5) is 5.69 Å². The number of hydrogen-bond acceptors (Lipinski definition) is 1. The zero-order valence-electron chi connectivity index (χ0n) is 18.4. The summed E-state index contributed by atoms with van der Waals surface area (Å²) < 4.78 is 0. The van der Waals surface area contributed by atoms with Crippen molar-refractivity contribution in [1.29, 1.82) is 0 Å². The molecule has 0 heterocycles. The van der Waals surface area contributed by atoms with Crippen LogP contribution < -0.4 is 5.32 Å². The monoisotopic (exact) mass is 387 g/mol. The molecule has 152 valence electrons. The molecule has 0 radical (unpaired) electrons. The second kappa shape index (κ2) is 10.1. The average molecular weight is 388 g/mol. The van der Waals surface area contributed by atoms with Crippen molar-refractivity contribution in [3.63, 3.8) is 0 Å². The summed E-state index contributed by atoms with van der Waals surface area (Å²) in [7, 11) is 0. The van der Waals surface area contributed by atoms with Crippen LogP contribution >= 0.6 is 0 Å². The Morgan fingerprint density at radius 2 is 1.79 bits per heavy atom. The normalized spacial score (nSPS) is 18.0. The molecule has 2 nitrogen and oxygen atoms in total. The Labute approximate surface area is 176 Å². The summed E-state index contributed by atoms with van der Waals surface area (Å²) >= 11 is 0. The van der Waals surface area contributed by atoms with Gasteiger partial charge in [-0.05, 0) is 67.9 Å². The smallest absolute Gasteiger partial charge is 0.248 e. The Morgan fingerprint density at radius 1 is 1.10 bits per heavy atom. The predicted octanol–water partition coefficient (Wildman–Crippen LogP) is 7.32. The third-order valence-corrected chi connectivity index (χ3v) is 5.35. The quantitative estimate of drug-likeness (QED) is 0.402. The summed E-state index contributed by atoms with van der Waals surface area (Å²) in [6.45, 7) is 15.0. The molecule has 1 N–H and O–H groups in total. The van der Waals surface area contributed by atoms with Crippen LogP contribution in [-0.2, 0) is 4.79 Å². The molecule has 0 bridgehead atoms. The zero-order chi connectivity index (χ0) is 21.4. The number of amides is 1. The fourth-order valence-electron chi connectivity index (χ4n) is 3.41. The van der Waals surface area contributed by atoms with E-state index in [-0.39, 0.29) is 11.3 Å². The van der Waals surface area contributed by atoms with Crippen molar-refractivity contribution in [3.05, 3.63) is 101 Å². The van der Waals surface area contributed by atoms with Gasteiger partial charge < -0.3 is 5.32 Å². The number of anilines is 1. The fourth-order valence-corrected chi connectivity index (χ4v) is 3.41. The molecule has 0 unspecified atom stereocenters. The number of allylic oxidation sites excluding steroid dienone is 10. The number of carbonyl (C=O) groups excluding carboxylic acids is 1.